The molecule has 0 amide bonds. The highest BCUT2D eigenvalue weighted by molar-refractivity contribution is 5.79. The van der Waals surface area contributed by atoms with Crippen LogP contribution in [0.3, 0.4) is 0 Å². The van der Waals surface area contributed by atoms with Crippen LogP contribution in [0.15, 0.2) is 11.6 Å². The largest absolute Gasteiger partial charge is 0.462 e. The molecule has 4 nitrogen and oxygen atoms in total. The summed E-state index contributed by atoms with van der Waals surface area (Å²) >= 11 is 0. The summed E-state index contributed by atoms with van der Waals surface area (Å²) in [5.41, 5.74) is 1.43. The first kappa shape index (κ1) is 19.2. The summed E-state index contributed by atoms with van der Waals surface area (Å²) in [5, 5.41) is 11.1. The molecule has 0 aliphatic heterocycles. The molecule has 0 radical (unpaired) electrons. The summed E-state index contributed by atoms with van der Waals surface area (Å²) in [6.07, 6.45) is 8.50. The maximum atomic E-state index is 12.2. The highest BCUT2D eigenvalue weighted by Crippen LogP contribution is 2.66. The van der Waals surface area contributed by atoms with Crippen molar-refractivity contribution in [2.24, 2.45) is 34.5 Å². The third-order valence-corrected chi connectivity index (χ3v) is 8.91. The number of aliphatic hydroxyl groups excluding tert-OH is 1. The van der Waals surface area contributed by atoms with Crippen molar-refractivity contribution in [3.05, 3.63) is 11.6 Å². The van der Waals surface area contributed by atoms with Gasteiger partial charge in [-0.05, 0) is 74.0 Å². The Morgan fingerprint density at radius 3 is 2.48 bits per heavy atom. The average molecular weight is 375 g/mol. The van der Waals surface area contributed by atoms with Crippen LogP contribution in [0.25, 0.3) is 0 Å². The van der Waals surface area contributed by atoms with E-state index in [1.807, 2.05) is 0 Å². The van der Waals surface area contributed by atoms with Gasteiger partial charge in [0.1, 0.15) is 11.9 Å². The number of hydrogen-bond acceptors (Lipinski definition) is 4. The van der Waals surface area contributed by atoms with E-state index in [9.17, 15) is 14.7 Å². The number of hydrogen-bond donors (Lipinski definition) is 1. The summed E-state index contributed by atoms with van der Waals surface area (Å²) in [4.78, 5) is 23.6. The maximum absolute atomic E-state index is 12.2. The number of esters is 1. The number of Topliss-reactive ketones (excluding diaryl/α,β-unsaturated/α-hetero) is 1. The monoisotopic (exact) mass is 374 g/mol. The van der Waals surface area contributed by atoms with Gasteiger partial charge in [0.25, 0.3) is 0 Å². The fourth-order valence-electron chi connectivity index (χ4n) is 7.62. The Morgan fingerprint density at radius 1 is 1.07 bits per heavy atom. The minimum Gasteiger partial charge on any atom is -0.462 e. The van der Waals surface area contributed by atoms with E-state index in [4.69, 9.17) is 4.74 Å². The molecule has 4 heteroatoms. The van der Waals surface area contributed by atoms with Gasteiger partial charge in [0.2, 0.25) is 0 Å². The van der Waals surface area contributed by atoms with Crippen molar-refractivity contribution in [1.29, 1.82) is 0 Å². The van der Waals surface area contributed by atoms with Crippen LogP contribution in [-0.4, -0.2) is 29.1 Å². The van der Waals surface area contributed by atoms with Crippen LogP contribution in [0.4, 0.5) is 0 Å². The minimum atomic E-state index is -0.440. The van der Waals surface area contributed by atoms with Crippen LogP contribution in [0, 0.1) is 34.5 Å². The lowest BCUT2D eigenvalue weighted by Gasteiger charge is -2.59. The van der Waals surface area contributed by atoms with Gasteiger partial charge in [0.15, 0.2) is 0 Å². The van der Waals surface area contributed by atoms with Gasteiger partial charge in [0.05, 0.1) is 6.10 Å². The van der Waals surface area contributed by atoms with Crippen LogP contribution in [-0.2, 0) is 14.3 Å². The van der Waals surface area contributed by atoms with Crippen molar-refractivity contribution in [2.75, 3.05) is 0 Å². The molecule has 0 aromatic rings. The molecule has 27 heavy (non-hydrogen) atoms. The van der Waals surface area contributed by atoms with Crippen molar-refractivity contribution in [3.8, 4) is 0 Å². The van der Waals surface area contributed by atoms with E-state index < -0.39 is 6.10 Å². The van der Waals surface area contributed by atoms with E-state index in [0.29, 0.717) is 17.6 Å². The topological polar surface area (TPSA) is 63.6 Å². The van der Waals surface area contributed by atoms with E-state index in [-0.39, 0.29) is 34.7 Å². The molecule has 4 rings (SSSR count). The minimum absolute atomic E-state index is 0.0463. The van der Waals surface area contributed by atoms with E-state index in [0.717, 1.165) is 44.9 Å². The van der Waals surface area contributed by atoms with Gasteiger partial charge in [-0.15, -0.1) is 0 Å². The third kappa shape index (κ3) is 2.82. The molecule has 4 aliphatic carbocycles. The Hall–Kier alpha value is -1.16. The van der Waals surface area contributed by atoms with Gasteiger partial charge in [-0.3, -0.25) is 9.59 Å². The number of ketones is 1. The zero-order valence-corrected chi connectivity index (χ0v) is 17.2. The summed E-state index contributed by atoms with van der Waals surface area (Å²) in [6, 6.07) is 0. The number of fused-ring (bicyclic) bond motifs is 5. The van der Waals surface area contributed by atoms with Gasteiger partial charge < -0.3 is 9.84 Å². The van der Waals surface area contributed by atoms with E-state index in [2.05, 4.69) is 19.9 Å². The van der Waals surface area contributed by atoms with Gasteiger partial charge in [-0.1, -0.05) is 25.5 Å². The maximum Gasteiger partial charge on any atom is 0.302 e. The van der Waals surface area contributed by atoms with Crippen LogP contribution in [0.2, 0.25) is 0 Å². The van der Waals surface area contributed by atoms with Crippen molar-refractivity contribution < 1.29 is 19.4 Å². The molecule has 0 aromatic heterocycles. The normalized spacial score (nSPS) is 48.7. The second kappa shape index (κ2) is 6.43. The summed E-state index contributed by atoms with van der Waals surface area (Å²) in [6.45, 7) is 7.89. The summed E-state index contributed by atoms with van der Waals surface area (Å²) in [5.74, 6) is 1.43. The number of aliphatic hydroxyl groups is 1. The third-order valence-electron chi connectivity index (χ3n) is 8.91. The Balaban J connectivity index is 1.64. The first-order valence-corrected chi connectivity index (χ1v) is 10.7. The highest BCUT2D eigenvalue weighted by Gasteiger charge is 2.61. The molecule has 0 saturated heterocycles. The molecule has 0 heterocycles. The van der Waals surface area contributed by atoms with Crippen molar-refractivity contribution in [3.63, 3.8) is 0 Å². The second-order valence-corrected chi connectivity index (χ2v) is 10.1. The first-order chi connectivity index (χ1) is 12.7. The van der Waals surface area contributed by atoms with Gasteiger partial charge in [-0.2, -0.15) is 0 Å². The fourth-order valence-corrected chi connectivity index (χ4v) is 7.62. The lowest BCUT2D eigenvalue weighted by atomic mass is 9.46. The fraction of sp³-hybridized carbons (Fsp3) is 0.826. The quantitative estimate of drug-likeness (QED) is 0.585. The number of carbonyl (C=O) groups is 2. The van der Waals surface area contributed by atoms with E-state index in [1.54, 1.807) is 6.92 Å². The smallest absolute Gasteiger partial charge is 0.302 e. The van der Waals surface area contributed by atoms with E-state index >= 15 is 0 Å². The molecule has 0 bridgehead atoms. The molecule has 1 N–H and O–H groups in total. The molecule has 150 valence electrons. The second-order valence-electron chi connectivity index (χ2n) is 10.1. The lowest BCUT2D eigenvalue weighted by molar-refractivity contribution is -0.150. The Morgan fingerprint density at radius 2 is 1.81 bits per heavy atom. The van der Waals surface area contributed by atoms with Gasteiger partial charge in [-0.25, -0.2) is 0 Å². The predicted octanol–water partition coefficient (Wildman–Crippen LogP) is 4.06. The lowest BCUT2D eigenvalue weighted by Crippen LogP contribution is -2.55. The number of carbonyl (C=O) groups excluding carboxylic acids is 2. The van der Waals surface area contributed by atoms with Crippen molar-refractivity contribution >= 4 is 11.8 Å². The SMILES string of the molecule is CC(=O)O[C@H]1CC[C@@]2(C)C(=C[C@@H](O)C3C4CCC(C(C)=O)[C@@]4(C)CCC32)C1. The molecular weight excluding hydrogens is 340 g/mol. The number of rotatable bonds is 2. The molecule has 4 aliphatic rings. The van der Waals surface area contributed by atoms with Crippen LogP contribution < -0.4 is 0 Å². The zero-order chi connectivity index (χ0) is 19.6. The first-order valence-electron chi connectivity index (χ1n) is 10.7. The van der Waals surface area contributed by atoms with Gasteiger partial charge in [0, 0.05) is 19.3 Å². The molecule has 3 fully saturated rings. The molecule has 8 atom stereocenters. The Kier molecular flexibility index (Phi) is 4.57. The standard InChI is InChI=1S/C23H34O4/c1-13(24)17-5-6-18-21-19(8-10-23(17,18)4)22(3)9-7-16(27-14(2)25)11-15(22)12-20(21)26/h12,16-21,26H,5-11H2,1-4H3/t16-,17?,18?,19?,20+,21?,22-,23+/m0/s1. The summed E-state index contributed by atoms with van der Waals surface area (Å²) < 4.78 is 5.48. The molecule has 0 spiro atoms. The Bertz CT molecular complexity index is 682. The predicted molar refractivity (Wildman–Crippen MR) is 103 cm³/mol. The van der Waals surface area contributed by atoms with Crippen molar-refractivity contribution in [2.45, 2.75) is 84.8 Å². The van der Waals surface area contributed by atoms with Crippen molar-refractivity contribution in [1.82, 2.24) is 0 Å². The van der Waals surface area contributed by atoms with E-state index in [1.165, 1.54) is 12.5 Å². The molecule has 3 saturated carbocycles. The van der Waals surface area contributed by atoms with Crippen LogP contribution >= 0.6 is 0 Å². The molecule has 4 unspecified atom stereocenters. The van der Waals surface area contributed by atoms with Crippen LogP contribution in [0.5, 0.6) is 0 Å². The van der Waals surface area contributed by atoms with Crippen LogP contribution in [0.1, 0.15) is 72.6 Å². The molecule has 0 aromatic carbocycles. The highest BCUT2D eigenvalue weighted by atomic mass is 16.5. The van der Waals surface area contributed by atoms with Gasteiger partial charge >= 0.3 is 5.97 Å². The number of ether oxygens (including phenoxy) is 1. The average Bonchev–Trinajstić information content (AvgIpc) is 2.93. The Labute approximate surface area is 162 Å². The molecular formula is C23H34O4. The zero-order valence-electron chi connectivity index (χ0n) is 17.2. The summed E-state index contributed by atoms with van der Waals surface area (Å²) in [7, 11) is 0.